The predicted molar refractivity (Wildman–Crippen MR) is 90.2 cm³/mol. The number of anilines is 1. The smallest absolute Gasteiger partial charge is 0.244 e. The van der Waals surface area contributed by atoms with Gasteiger partial charge in [0.1, 0.15) is 5.82 Å². The Balaban J connectivity index is 1.63. The van der Waals surface area contributed by atoms with Crippen LogP contribution in [0.2, 0.25) is 0 Å². The van der Waals surface area contributed by atoms with Gasteiger partial charge >= 0.3 is 0 Å². The van der Waals surface area contributed by atoms with E-state index in [2.05, 4.69) is 4.90 Å². The molecule has 24 heavy (non-hydrogen) atoms. The molecule has 2 saturated heterocycles. The maximum atomic E-state index is 14.0. The van der Waals surface area contributed by atoms with Gasteiger partial charge in [-0.3, -0.25) is 14.5 Å². The predicted octanol–water partition coefficient (Wildman–Crippen LogP) is 1.87. The SMILES string of the molecule is CC(=O)N(C)C1CCN(C2CCN(c3ccccc3F)C2=O)CC1. The molecule has 1 atom stereocenters. The van der Waals surface area contributed by atoms with E-state index < -0.39 is 0 Å². The Morgan fingerprint density at radius 3 is 2.46 bits per heavy atom. The van der Waals surface area contributed by atoms with Crippen LogP contribution in [0.3, 0.4) is 0 Å². The van der Waals surface area contributed by atoms with Crippen molar-refractivity contribution in [2.45, 2.75) is 38.3 Å². The molecule has 130 valence electrons. The van der Waals surface area contributed by atoms with Gasteiger partial charge in [-0.25, -0.2) is 4.39 Å². The summed E-state index contributed by atoms with van der Waals surface area (Å²) in [7, 11) is 1.84. The van der Waals surface area contributed by atoms with E-state index in [9.17, 15) is 14.0 Å². The lowest BCUT2D eigenvalue weighted by Crippen LogP contribution is -2.50. The molecule has 1 aromatic carbocycles. The first-order chi connectivity index (χ1) is 11.5. The molecule has 5 nitrogen and oxygen atoms in total. The fourth-order valence-electron chi connectivity index (χ4n) is 3.76. The Labute approximate surface area is 142 Å². The Kier molecular flexibility index (Phi) is 4.85. The minimum Gasteiger partial charge on any atom is -0.343 e. The number of hydrogen-bond acceptors (Lipinski definition) is 3. The molecular formula is C18H24FN3O2. The van der Waals surface area contributed by atoms with E-state index in [1.54, 1.807) is 34.9 Å². The minimum atomic E-state index is -0.353. The van der Waals surface area contributed by atoms with Gasteiger partial charge in [0.25, 0.3) is 0 Å². The number of para-hydroxylation sites is 1. The highest BCUT2D eigenvalue weighted by Gasteiger charge is 2.39. The lowest BCUT2D eigenvalue weighted by Gasteiger charge is -2.38. The minimum absolute atomic E-state index is 0.0153. The second kappa shape index (κ2) is 6.89. The molecule has 0 radical (unpaired) electrons. The summed E-state index contributed by atoms with van der Waals surface area (Å²) in [5.41, 5.74) is 0.371. The first-order valence-electron chi connectivity index (χ1n) is 8.52. The number of rotatable bonds is 3. The molecule has 2 fully saturated rings. The zero-order valence-corrected chi connectivity index (χ0v) is 14.2. The van der Waals surface area contributed by atoms with E-state index in [0.717, 1.165) is 32.4 Å². The largest absolute Gasteiger partial charge is 0.343 e. The van der Waals surface area contributed by atoms with Gasteiger partial charge in [0.2, 0.25) is 11.8 Å². The van der Waals surface area contributed by atoms with Gasteiger partial charge in [-0.1, -0.05) is 12.1 Å². The van der Waals surface area contributed by atoms with Crippen LogP contribution in [-0.2, 0) is 9.59 Å². The zero-order chi connectivity index (χ0) is 17.3. The van der Waals surface area contributed by atoms with Gasteiger partial charge in [-0.05, 0) is 31.4 Å². The van der Waals surface area contributed by atoms with E-state index >= 15 is 0 Å². The van der Waals surface area contributed by atoms with Crippen LogP contribution in [0.4, 0.5) is 10.1 Å². The second-order valence-electron chi connectivity index (χ2n) is 6.64. The molecule has 0 bridgehead atoms. The van der Waals surface area contributed by atoms with Crippen LogP contribution in [-0.4, -0.2) is 60.4 Å². The van der Waals surface area contributed by atoms with Crippen molar-refractivity contribution >= 4 is 17.5 Å². The number of carbonyl (C=O) groups is 2. The molecule has 0 N–H and O–H groups in total. The molecule has 2 heterocycles. The maximum Gasteiger partial charge on any atom is 0.244 e. The average Bonchev–Trinajstić information content (AvgIpc) is 2.96. The molecule has 6 heteroatoms. The van der Waals surface area contributed by atoms with E-state index in [4.69, 9.17) is 0 Å². The summed E-state index contributed by atoms with van der Waals surface area (Å²) in [5.74, 6) is -0.289. The third-order valence-electron chi connectivity index (χ3n) is 5.30. The van der Waals surface area contributed by atoms with Crippen molar-refractivity contribution in [3.63, 3.8) is 0 Å². The third kappa shape index (κ3) is 3.15. The van der Waals surface area contributed by atoms with Gasteiger partial charge in [0.05, 0.1) is 11.7 Å². The van der Waals surface area contributed by atoms with Crippen molar-refractivity contribution in [3.8, 4) is 0 Å². The summed E-state index contributed by atoms with van der Waals surface area (Å²) < 4.78 is 14.0. The monoisotopic (exact) mass is 333 g/mol. The number of hydrogen-bond donors (Lipinski definition) is 0. The normalized spacial score (nSPS) is 22.9. The molecule has 2 amide bonds. The summed E-state index contributed by atoms with van der Waals surface area (Å²) in [4.78, 5) is 29.8. The van der Waals surface area contributed by atoms with Gasteiger partial charge in [0.15, 0.2) is 0 Å². The van der Waals surface area contributed by atoms with E-state index in [0.29, 0.717) is 12.2 Å². The molecule has 3 rings (SSSR count). The first kappa shape index (κ1) is 16.9. The number of likely N-dealkylation sites (tertiary alicyclic amines) is 1. The molecule has 1 aromatic rings. The molecule has 2 aliphatic rings. The maximum absolute atomic E-state index is 14.0. The van der Waals surface area contributed by atoms with Crippen molar-refractivity contribution in [2.75, 3.05) is 31.6 Å². The average molecular weight is 333 g/mol. The van der Waals surface area contributed by atoms with Crippen molar-refractivity contribution < 1.29 is 14.0 Å². The van der Waals surface area contributed by atoms with Crippen LogP contribution in [0.5, 0.6) is 0 Å². The summed E-state index contributed by atoms with van der Waals surface area (Å²) in [5, 5.41) is 0. The van der Waals surface area contributed by atoms with Crippen LogP contribution in [0.15, 0.2) is 24.3 Å². The molecule has 0 saturated carbocycles. The van der Waals surface area contributed by atoms with E-state index in [1.807, 2.05) is 7.05 Å². The Bertz CT molecular complexity index is 628. The number of amides is 2. The van der Waals surface area contributed by atoms with Crippen LogP contribution in [0.25, 0.3) is 0 Å². The summed E-state index contributed by atoms with van der Waals surface area (Å²) in [6, 6.07) is 6.50. The highest BCUT2D eigenvalue weighted by atomic mass is 19.1. The fourth-order valence-corrected chi connectivity index (χ4v) is 3.76. The Morgan fingerprint density at radius 1 is 1.17 bits per heavy atom. The van der Waals surface area contributed by atoms with E-state index in [1.165, 1.54) is 6.07 Å². The van der Waals surface area contributed by atoms with Gasteiger partial charge in [0, 0.05) is 39.6 Å². The molecule has 0 aliphatic carbocycles. The molecule has 2 aliphatic heterocycles. The number of carbonyl (C=O) groups excluding carboxylic acids is 2. The first-order valence-corrected chi connectivity index (χ1v) is 8.52. The van der Waals surface area contributed by atoms with Crippen molar-refractivity contribution in [3.05, 3.63) is 30.1 Å². The van der Waals surface area contributed by atoms with Crippen LogP contribution >= 0.6 is 0 Å². The van der Waals surface area contributed by atoms with Crippen LogP contribution < -0.4 is 4.90 Å². The van der Waals surface area contributed by atoms with Gasteiger partial charge in [-0.2, -0.15) is 0 Å². The van der Waals surface area contributed by atoms with Gasteiger partial charge in [-0.15, -0.1) is 0 Å². The Morgan fingerprint density at radius 2 is 1.83 bits per heavy atom. The van der Waals surface area contributed by atoms with Crippen molar-refractivity contribution in [1.82, 2.24) is 9.80 Å². The van der Waals surface area contributed by atoms with Crippen LogP contribution in [0.1, 0.15) is 26.2 Å². The topological polar surface area (TPSA) is 43.9 Å². The summed E-state index contributed by atoms with van der Waals surface area (Å²) >= 11 is 0. The van der Waals surface area contributed by atoms with Crippen molar-refractivity contribution in [1.29, 1.82) is 0 Å². The molecule has 1 unspecified atom stereocenters. The zero-order valence-electron chi connectivity index (χ0n) is 14.2. The van der Waals surface area contributed by atoms with Gasteiger partial charge < -0.3 is 9.80 Å². The number of nitrogens with zero attached hydrogens (tertiary/aromatic N) is 3. The van der Waals surface area contributed by atoms with E-state index in [-0.39, 0.29) is 29.7 Å². The molecular weight excluding hydrogens is 309 g/mol. The standard InChI is InChI=1S/C18H24FN3O2/c1-13(23)20(2)14-7-10-21(11-8-14)17-9-12-22(18(17)24)16-6-4-3-5-15(16)19/h3-6,14,17H,7-12H2,1-2H3. The lowest BCUT2D eigenvalue weighted by atomic mass is 10.0. The highest BCUT2D eigenvalue weighted by Crippen LogP contribution is 2.28. The van der Waals surface area contributed by atoms with Crippen LogP contribution in [0, 0.1) is 5.82 Å². The number of benzene rings is 1. The van der Waals surface area contributed by atoms with Crippen molar-refractivity contribution in [2.24, 2.45) is 0 Å². The number of piperidine rings is 1. The molecule has 0 spiro atoms. The quantitative estimate of drug-likeness (QED) is 0.848. The Hall–Kier alpha value is -1.95. The molecule has 0 aromatic heterocycles. The highest BCUT2D eigenvalue weighted by molar-refractivity contribution is 5.99. The second-order valence-corrected chi connectivity index (χ2v) is 6.64. The number of halogens is 1. The fraction of sp³-hybridized carbons (Fsp3) is 0.556. The summed E-state index contributed by atoms with van der Waals surface area (Å²) in [6.07, 6.45) is 2.47. The lowest BCUT2D eigenvalue weighted by molar-refractivity contribution is -0.131. The summed E-state index contributed by atoms with van der Waals surface area (Å²) in [6.45, 7) is 3.73. The third-order valence-corrected chi connectivity index (χ3v) is 5.30.